The van der Waals surface area contributed by atoms with E-state index in [2.05, 4.69) is 12.2 Å². The molecule has 1 atom stereocenters. The van der Waals surface area contributed by atoms with Crippen molar-refractivity contribution in [1.29, 1.82) is 0 Å². The second-order valence-corrected chi connectivity index (χ2v) is 6.14. The summed E-state index contributed by atoms with van der Waals surface area (Å²) in [5.74, 6) is 1.64. The van der Waals surface area contributed by atoms with Gasteiger partial charge in [0.1, 0.15) is 12.4 Å². The summed E-state index contributed by atoms with van der Waals surface area (Å²) >= 11 is 5.89. The first-order chi connectivity index (χ1) is 10.3. The van der Waals surface area contributed by atoms with E-state index >= 15 is 0 Å². The zero-order valence-corrected chi connectivity index (χ0v) is 13.6. The molecule has 0 saturated carbocycles. The highest BCUT2D eigenvalue weighted by atomic mass is 35.5. The van der Waals surface area contributed by atoms with Gasteiger partial charge in [-0.15, -0.1) is 0 Å². The first-order valence-corrected chi connectivity index (χ1v) is 8.35. The highest BCUT2D eigenvalue weighted by molar-refractivity contribution is 6.30. The molecule has 0 aromatic heterocycles. The summed E-state index contributed by atoms with van der Waals surface area (Å²) in [4.78, 5) is 0. The molecular formula is C17H26ClNO2. The Kier molecular flexibility index (Phi) is 7.34. The van der Waals surface area contributed by atoms with Crippen LogP contribution in [0.2, 0.25) is 5.02 Å². The van der Waals surface area contributed by atoms with E-state index in [4.69, 9.17) is 21.1 Å². The van der Waals surface area contributed by atoms with Gasteiger partial charge in [0.05, 0.1) is 0 Å². The van der Waals surface area contributed by atoms with Crippen LogP contribution in [0, 0.1) is 5.92 Å². The molecule has 0 radical (unpaired) electrons. The molecule has 0 amide bonds. The maximum atomic E-state index is 5.91. The molecule has 21 heavy (non-hydrogen) atoms. The Labute approximate surface area is 133 Å². The van der Waals surface area contributed by atoms with Gasteiger partial charge < -0.3 is 14.8 Å². The van der Waals surface area contributed by atoms with Gasteiger partial charge >= 0.3 is 0 Å². The molecule has 1 saturated heterocycles. The summed E-state index contributed by atoms with van der Waals surface area (Å²) in [6.07, 6.45) is 4.65. The van der Waals surface area contributed by atoms with Crippen LogP contribution in [0.25, 0.3) is 0 Å². The van der Waals surface area contributed by atoms with Crippen molar-refractivity contribution in [2.75, 3.05) is 26.4 Å². The Bertz CT molecular complexity index is 390. The van der Waals surface area contributed by atoms with Crippen LogP contribution in [0.3, 0.4) is 0 Å². The van der Waals surface area contributed by atoms with E-state index in [1.807, 2.05) is 24.3 Å². The van der Waals surface area contributed by atoms with E-state index in [0.29, 0.717) is 12.6 Å². The maximum absolute atomic E-state index is 5.91. The molecule has 1 fully saturated rings. The van der Waals surface area contributed by atoms with Gasteiger partial charge in [-0.25, -0.2) is 0 Å². The molecule has 1 aromatic carbocycles. The van der Waals surface area contributed by atoms with Gasteiger partial charge in [-0.3, -0.25) is 0 Å². The molecule has 0 bridgehead atoms. The predicted molar refractivity (Wildman–Crippen MR) is 87.2 cm³/mol. The fourth-order valence-corrected chi connectivity index (χ4v) is 2.80. The lowest BCUT2D eigenvalue weighted by atomic mass is 9.92. The Morgan fingerprint density at radius 1 is 1.29 bits per heavy atom. The van der Waals surface area contributed by atoms with Crippen LogP contribution >= 0.6 is 11.6 Å². The Morgan fingerprint density at radius 3 is 2.67 bits per heavy atom. The van der Waals surface area contributed by atoms with Crippen molar-refractivity contribution in [2.45, 2.75) is 38.6 Å². The van der Waals surface area contributed by atoms with Crippen LogP contribution in [0.4, 0.5) is 0 Å². The van der Waals surface area contributed by atoms with Crippen LogP contribution < -0.4 is 10.1 Å². The number of halogens is 1. The average Bonchev–Trinajstić information content (AvgIpc) is 2.52. The average molecular weight is 312 g/mol. The van der Waals surface area contributed by atoms with Gasteiger partial charge in [0.15, 0.2) is 0 Å². The van der Waals surface area contributed by atoms with Gasteiger partial charge in [0, 0.05) is 24.3 Å². The lowest BCUT2D eigenvalue weighted by Gasteiger charge is -2.27. The highest BCUT2D eigenvalue weighted by Crippen LogP contribution is 2.21. The van der Waals surface area contributed by atoms with Crippen LogP contribution in [0.5, 0.6) is 5.75 Å². The molecule has 1 aromatic rings. The number of rotatable bonds is 8. The van der Waals surface area contributed by atoms with Crippen molar-refractivity contribution < 1.29 is 9.47 Å². The molecule has 3 nitrogen and oxygen atoms in total. The Hall–Kier alpha value is -0.770. The molecule has 1 N–H and O–H groups in total. The number of ether oxygens (including phenoxy) is 2. The third-order valence-corrected chi connectivity index (χ3v) is 4.16. The van der Waals surface area contributed by atoms with Crippen molar-refractivity contribution in [1.82, 2.24) is 5.32 Å². The van der Waals surface area contributed by atoms with E-state index < -0.39 is 0 Å². The van der Waals surface area contributed by atoms with Gasteiger partial charge in [0.25, 0.3) is 0 Å². The quantitative estimate of drug-likeness (QED) is 0.789. The zero-order chi connectivity index (χ0) is 14.9. The predicted octanol–water partition coefficient (Wildman–Crippen LogP) is 3.90. The second kappa shape index (κ2) is 9.29. The first-order valence-electron chi connectivity index (χ1n) is 7.97. The SMILES string of the molecule is CCCNC(COc1ccc(Cl)cc1)CC1CCOCC1. The third-order valence-electron chi connectivity index (χ3n) is 3.91. The van der Waals surface area contributed by atoms with Crippen LogP contribution in [-0.4, -0.2) is 32.4 Å². The van der Waals surface area contributed by atoms with Gasteiger partial charge in [0.2, 0.25) is 0 Å². The summed E-state index contributed by atoms with van der Waals surface area (Å²) < 4.78 is 11.3. The zero-order valence-electron chi connectivity index (χ0n) is 12.8. The summed E-state index contributed by atoms with van der Waals surface area (Å²) in [5, 5.41) is 4.35. The van der Waals surface area contributed by atoms with Crippen LogP contribution in [-0.2, 0) is 4.74 Å². The molecule has 1 unspecified atom stereocenters. The van der Waals surface area contributed by atoms with E-state index in [1.54, 1.807) is 0 Å². The summed E-state index contributed by atoms with van der Waals surface area (Å²) in [7, 11) is 0. The Morgan fingerprint density at radius 2 is 2.00 bits per heavy atom. The molecule has 2 rings (SSSR count). The largest absolute Gasteiger partial charge is 0.492 e. The molecule has 1 aliphatic rings. The van der Waals surface area contributed by atoms with Crippen molar-refractivity contribution in [3.05, 3.63) is 29.3 Å². The van der Waals surface area contributed by atoms with E-state index in [9.17, 15) is 0 Å². The smallest absolute Gasteiger partial charge is 0.119 e. The van der Waals surface area contributed by atoms with Crippen LogP contribution in [0.1, 0.15) is 32.6 Å². The van der Waals surface area contributed by atoms with E-state index in [-0.39, 0.29) is 0 Å². The van der Waals surface area contributed by atoms with E-state index in [1.165, 1.54) is 12.8 Å². The standard InChI is InChI=1S/C17H26ClNO2/c1-2-9-19-16(12-14-7-10-20-11-8-14)13-21-17-5-3-15(18)4-6-17/h3-6,14,16,19H,2,7-13H2,1H3. The van der Waals surface area contributed by atoms with Gasteiger partial charge in [-0.1, -0.05) is 18.5 Å². The normalized spacial score (nSPS) is 17.6. The van der Waals surface area contributed by atoms with Crippen LogP contribution in [0.15, 0.2) is 24.3 Å². The number of nitrogens with one attached hydrogen (secondary N) is 1. The van der Waals surface area contributed by atoms with Crippen molar-refractivity contribution in [3.8, 4) is 5.75 Å². The molecule has 1 heterocycles. The first kappa shape index (κ1) is 16.6. The number of hydrogen-bond acceptors (Lipinski definition) is 3. The Balaban J connectivity index is 1.81. The minimum Gasteiger partial charge on any atom is -0.492 e. The molecule has 0 spiro atoms. The lowest BCUT2D eigenvalue weighted by molar-refractivity contribution is 0.0581. The fourth-order valence-electron chi connectivity index (χ4n) is 2.67. The third kappa shape index (κ3) is 6.25. The summed E-state index contributed by atoms with van der Waals surface area (Å²) in [5.41, 5.74) is 0. The van der Waals surface area contributed by atoms with Crippen molar-refractivity contribution in [3.63, 3.8) is 0 Å². The number of hydrogen-bond donors (Lipinski definition) is 1. The molecular weight excluding hydrogens is 286 g/mol. The highest BCUT2D eigenvalue weighted by Gasteiger charge is 2.19. The summed E-state index contributed by atoms with van der Waals surface area (Å²) in [6, 6.07) is 7.98. The molecule has 0 aliphatic carbocycles. The monoisotopic (exact) mass is 311 g/mol. The van der Waals surface area contributed by atoms with Gasteiger partial charge in [-0.05, 0) is 62.4 Å². The maximum Gasteiger partial charge on any atom is 0.119 e. The molecule has 1 aliphatic heterocycles. The summed E-state index contributed by atoms with van der Waals surface area (Å²) in [6.45, 7) is 5.75. The minimum absolute atomic E-state index is 0.406. The molecule has 4 heteroatoms. The van der Waals surface area contributed by atoms with E-state index in [0.717, 1.165) is 49.3 Å². The minimum atomic E-state index is 0.406. The fraction of sp³-hybridized carbons (Fsp3) is 0.647. The topological polar surface area (TPSA) is 30.5 Å². The van der Waals surface area contributed by atoms with Crippen molar-refractivity contribution in [2.24, 2.45) is 5.92 Å². The van der Waals surface area contributed by atoms with Gasteiger partial charge in [-0.2, -0.15) is 0 Å². The second-order valence-electron chi connectivity index (χ2n) is 5.71. The van der Waals surface area contributed by atoms with Crippen molar-refractivity contribution >= 4 is 11.6 Å². The number of benzene rings is 1. The lowest BCUT2D eigenvalue weighted by Crippen LogP contribution is -2.37. The molecule has 118 valence electrons.